The van der Waals surface area contributed by atoms with Gasteiger partial charge in [-0.3, -0.25) is 4.57 Å². The standard InChI is InChI=1S/CCl5O3PS/c2-1(3,10(4,5)7)11(6,8)9. The minimum absolute atomic E-state index is 2.86. The topological polar surface area (TPSA) is 51.2 Å². The molecule has 0 aliphatic rings. The number of hydrogen-bond donors (Lipinski definition) is 0. The van der Waals surface area contributed by atoms with E-state index in [0.717, 1.165) is 0 Å². The summed E-state index contributed by atoms with van der Waals surface area (Å²) in [6.45, 7) is 0. The molecule has 0 bridgehead atoms. The van der Waals surface area contributed by atoms with Crippen LogP contribution >= 0.6 is 62.2 Å². The minimum Gasteiger partial charge on any atom is -0.285 e. The molecule has 0 N–H and O–H groups in total. The first-order valence-electron chi connectivity index (χ1n) is 1.81. The van der Waals surface area contributed by atoms with Crippen LogP contribution in [0.25, 0.3) is 0 Å². The summed E-state index contributed by atoms with van der Waals surface area (Å²) in [5, 5.41) is 0. The molecule has 10 heteroatoms. The van der Waals surface area contributed by atoms with Crippen LogP contribution in [0.5, 0.6) is 0 Å². The van der Waals surface area contributed by atoms with Crippen LogP contribution in [0.3, 0.4) is 0 Å². The molecule has 0 heterocycles. The highest BCUT2D eigenvalue weighted by atomic mass is 35.9. The first kappa shape index (κ1) is 12.6. The smallest absolute Gasteiger partial charge is 0.285 e. The molecule has 0 unspecified atom stereocenters. The van der Waals surface area contributed by atoms with Crippen molar-refractivity contribution in [3.63, 3.8) is 0 Å². The molecule has 0 radical (unpaired) electrons. The lowest BCUT2D eigenvalue weighted by Crippen LogP contribution is -2.17. The summed E-state index contributed by atoms with van der Waals surface area (Å²) in [4.78, 5) is 0. The average Bonchev–Trinajstić information content (AvgIpc) is 1.58. The highest BCUT2D eigenvalue weighted by molar-refractivity contribution is 8.29. The Labute approximate surface area is 87.3 Å². The van der Waals surface area contributed by atoms with Crippen LogP contribution in [0.4, 0.5) is 0 Å². The van der Waals surface area contributed by atoms with Crippen molar-refractivity contribution >= 4 is 71.3 Å². The third kappa shape index (κ3) is 2.80. The van der Waals surface area contributed by atoms with Crippen molar-refractivity contribution in [3.8, 4) is 0 Å². The van der Waals surface area contributed by atoms with E-state index in [2.05, 4.69) is 10.7 Å². The minimum atomic E-state index is -4.48. The second kappa shape index (κ2) is 3.41. The fraction of sp³-hybridized carbons (Fsp3) is 1.00. The van der Waals surface area contributed by atoms with Gasteiger partial charge in [-0.05, 0) is 22.5 Å². The first-order chi connectivity index (χ1) is 4.50. The Balaban J connectivity index is 5.26. The van der Waals surface area contributed by atoms with Crippen molar-refractivity contribution in [2.75, 3.05) is 0 Å². The molecule has 0 saturated carbocycles. The summed E-state index contributed by atoms with van der Waals surface area (Å²) in [6.07, 6.45) is 0. The van der Waals surface area contributed by atoms with Crippen molar-refractivity contribution in [3.05, 3.63) is 0 Å². The first-order valence-corrected chi connectivity index (χ1v) is 8.40. The summed E-state index contributed by atoms with van der Waals surface area (Å²) in [5.74, 6) is -4.23. The van der Waals surface area contributed by atoms with E-state index >= 15 is 0 Å². The zero-order valence-corrected chi connectivity index (χ0v) is 9.96. The third-order valence-electron chi connectivity index (χ3n) is 0.596. The molecule has 0 aliphatic carbocycles. The van der Waals surface area contributed by atoms with Gasteiger partial charge in [-0.15, -0.1) is 0 Å². The van der Waals surface area contributed by atoms with E-state index in [0.29, 0.717) is 0 Å². The van der Waals surface area contributed by atoms with Crippen molar-refractivity contribution < 1.29 is 13.0 Å². The van der Waals surface area contributed by atoms with Gasteiger partial charge in [0.25, 0.3) is 9.05 Å². The van der Waals surface area contributed by atoms with E-state index in [9.17, 15) is 13.0 Å². The van der Waals surface area contributed by atoms with Crippen molar-refractivity contribution in [2.45, 2.75) is 3.41 Å². The Morgan fingerprint density at radius 3 is 1.45 bits per heavy atom. The highest BCUT2D eigenvalue weighted by Crippen LogP contribution is 2.73. The second-order valence-electron chi connectivity index (χ2n) is 1.39. The van der Waals surface area contributed by atoms with Crippen molar-refractivity contribution in [2.24, 2.45) is 0 Å². The van der Waals surface area contributed by atoms with Crippen LogP contribution in [0.2, 0.25) is 0 Å². The number of alkyl halides is 2. The zero-order chi connectivity index (χ0) is 9.50. The molecule has 0 aromatic carbocycles. The van der Waals surface area contributed by atoms with Gasteiger partial charge < -0.3 is 0 Å². The Morgan fingerprint density at radius 2 is 1.45 bits per heavy atom. The fourth-order valence-electron chi connectivity index (χ4n) is 0.127. The molecule has 0 rings (SSSR count). The Kier molecular flexibility index (Phi) is 3.92. The molecule has 3 nitrogen and oxygen atoms in total. The molecule has 0 fully saturated rings. The van der Waals surface area contributed by atoms with Crippen LogP contribution in [0, 0.1) is 0 Å². The SMILES string of the molecule is O=P(Cl)(Cl)C(Cl)(Cl)S(=O)(=O)Cl. The van der Waals surface area contributed by atoms with E-state index in [1.807, 2.05) is 0 Å². The molecule has 0 spiro atoms. The summed E-state index contributed by atoms with van der Waals surface area (Å²) in [5.41, 5.74) is 0. The van der Waals surface area contributed by atoms with Crippen LogP contribution in [0.1, 0.15) is 0 Å². The molecular weight excluding hydrogens is 300 g/mol. The lowest BCUT2D eigenvalue weighted by Gasteiger charge is -2.15. The highest BCUT2D eigenvalue weighted by Gasteiger charge is 2.54. The van der Waals surface area contributed by atoms with Gasteiger partial charge in [0.1, 0.15) is 0 Å². The van der Waals surface area contributed by atoms with Crippen molar-refractivity contribution in [1.82, 2.24) is 0 Å². The van der Waals surface area contributed by atoms with Crippen LogP contribution in [-0.4, -0.2) is 11.8 Å². The van der Waals surface area contributed by atoms with Gasteiger partial charge in [0.15, 0.2) is 0 Å². The fourth-order valence-corrected chi connectivity index (χ4v) is 4.29. The van der Waals surface area contributed by atoms with Gasteiger partial charge in [-0.25, -0.2) is 8.42 Å². The quantitative estimate of drug-likeness (QED) is 0.446. The Hall–Kier alpha value is 1.63. The molecule has 0 aromatic rings. The molecule has 0 atom stereocenters. The number of halogens is 5. The molecule has 0 saturated heterocycles. The summed E-state index contributed by atoms with van der Waals surface area (Å²) in [7, 11) is 0.193. The average molecular weight is 300 g/mol. The molecule has 68 valence electrons. The van der Waals surface area contributed by atoms with Gasteiger partial charge in [0.05, 0.1) is 0 Å². The number of rotatable bonds is 2. The molecule has 0 aliphatic heterocycles. The lowest BCUT2D eigenvalue weighted by molar-refractivity contribution is 0.588. The lowest BCUT2D eigenvalue weighted by atomic mass is 11.8. The van der Waals surface area contributed by atoms with Crippen LogP contribution < -0.4 is 0 Å². The van der Waals surface area contributed by atoms with E-state index in [4.69, 9.17) is 45.7 Å². The van der Waals surface area contributed by atoms with Gasteiger partial charge in [-0.2, -0.15) is 0 Å². The molecule has 11 heavy (non-hydrogen) atoms. The van der Waals surface area contributed by atoms with Gasteiger partial charge in [-0.1, -0.05) is 23.2 Å². The van der Waals surface area contributed by atoms with E-state index in [1.165, 1.54) is 0 Å². The zero-order valence-electron chi connectivity index (χ0n) is 4.47. The number of hydrogen-bond acceptors (Lipinski definition) is 3. The summed E-state index contributed by atoms with van der Waals surface area (Å²) < 4.78 is 28.8. The third-order valence-corrected chi connectivity index (χ3v) is 10.6. The summed E-state index contributed by atoms with van der Waals surface area (Å²) >= 11 is 19.8. The van der Waals surface area contributed by atoms with E-state index < -0.39 is 18.3 Å². The van der Waals surface area contributed by atoms with Gasteiger partial charge in [0.2, 0.25) is 0 Å². The predicted molar refractivity (Wildman–Crippen MR) is 48.5 cm³/mol. The summed E-state index contributed by atoms with van der Waals surface area (Å²) in [6, 6.07) is 0. The van der Waals surface area contributed by atoms with Crippen LogP contribution in [0.15, 0.2) is 0 Å². The van der Waals surface area contributed by atoms with Gasteiger partial charge in [0, 0.05) is 10.7 Å². The predicted octanol–water partition coefficient (Wildman–Crippen LogP) is 3.31. The monoisotopic (exact) mass is 298 g/mol. The van der Waals surface area contributed by atoms with E-state index in [-0.39, 0.29) is 0 Å². The molecule has 0 amide bonds. The molecule has 0 aromatic heterocycles. The van der Waals surface area contributed by atoms with Crippen molar-refractivity contribution in [1.29, 1.82) is 0 Å². The Morgan fingerprint density at radius 1 is 1.18 bits per heavy atom. The van der Waals surface area contributed by atoms with E-state index in [1.54, 1.807) is 0 Å². The van der Waals surface area contributed by atoms with Crippen LogP contribution in [-0.2, 0) is 13.6 Å². The largest absolute Gasteiger partial charge is 0.311 e. The Bertz CT molecular complexity index is 287. The second-order valence-corrected chi connectivity index (χ2v) is 11.7. The maximum absolute atomic E-state index is 10.7. The normalized spacial score (nSPS) is 15.0. The molecular formula is CCl5O3PS. The maximum Gasteiger partial charge on any atom is 0.311 e. The maximum atomic E-state index is 10.7. The van der Waals surface area contributed by atoms with Gasteiger partial charge >= 0.3 is 9.25 Å².